The quantitative estimate of drug-likeness (QED) is 0.159. The summed E-state index contributed by atoms with van der Waals surface area (Å²) in [5, 5.41) is 6.02. The minimum absolute atomic E-state index is 0.289. The maximum atomic E-state index is 6.02. The fourth-order valence-electron chi connectivity index (χ4n) is 3.70. The molecule has 0 spiro atoms. The maximum absolute atomic E-state index is 6.02. The Morgan fingerprint density at radius 1 is 0.607 bits per heavy atom. The molecule has 0 aromatic rings. The van der Waals surface area contributed by atoms with Gasteiger partial charge in [0.1, 0.15) is 0 Å². The Kier molecular flexibility index (Phi) is 17.9. The molecule has 5 heteroatoms. The molecule has 0 unspecified atom stereocenters. The third kappa shape index (κ3) is 17.0. The van der Waals surface area contributed by atoms with Gasteiger partial charge in [0.2, 0.25) is 0 Å². The number of hydrogen-bond acceptors (Lipinski definition) is 4. The molecule has 2 N–H and O–H groups in total. The minimum atomic E-state index is -2.94. The Hall–Kier alpha value is 0.0569. The molecule has 0 atom stereocenters. The lowest BCUT2D eigenvalue weighted by Gasteiger charge is -2.32. The molecule has 170 valence electrons. The molecule has 0 radical (unpaired) electrons. The van der Waals surface area contributed by atoms with E-state index in [4.69, 9.17) is 18.7 Å². The van der Waals surface area contributed by atoms with Gasteiger partial charge in [0, 0.05) is 14.2 Å². The Balaban J connectivity index is 3.39. The Morgan fingerprint density at radius 3 is 1.25 bits per heavy atom. The normalized spacial score (nSPS) is 12.6. The Morgan fingerprint density at radius 2 is 0.929 bits per heavy atom. The van der Waals surface area contributed by atoms with Crippen molar-refractivity contribution < 1.29 is 13.3 Å². The summed E-state index contributed by atoms with van der Waals surface area (Å²) in [6.07, 6.45) is 23.2. The Bertz CT molecular complexity index is 336. The highest BCUT2D eigenvalue weighted by atomic mass is 28.4. The molecular formula is C23H51NO3Si. The molecule has 0 aromatic carbocycles. The third-order valence-electron chi connectivity index (χ3n) is 5.62. The summed E-state index contributed by atoms with van der Waals surface area (Å²) in [6.45, 7) is 6.43. The van der Waals surface area contributed by atoms with Gasteiger partial charge in [0.15, 0.2) is 0 Å². The van der Waals surface area contributed by atoms with Gasteiger partial charge in [-0.15, -0.1) is 0 Å². The van der Waals surface area contributed by atoms with Crippen LogP contribution in [0.25, 0.3) is 0 Å². The van der Waals surface area contributed by atoms with E-state index in [0.717, 1.165) is 6.42 Å². The zero-order valence-corrected chi connectivity index (χ0v) is 20.8. The standard InChI is InChI=1S/C23H51NO3Si/c1-6-7-8-9-10-11-12-13-14-15-16-17-18-19-20-21-22-23(2,3)27-28(24,25-4)26-5/h6-22,24H2,1-5H3. The van der Waals surface area contributed by atoms with Crippen LogP contribution < -0.4 is 5.40 Å². The van der Waals surface area contributed by atoms with Gasteiger partial charge in [0.05, 0.1) is 5.60 Å². The van der Waals surface area contributed by atoms with Crippen molar-refractivity contribution in [2.45, 2.75) is 136 Å². The first-order valence-corrected chi connectivity index (χ1v) is 13.8. The highest BCUT2D eigenvalue weighted by Crippen LogP contribution is 2.23. The van der Waals surface area contributed by atoms with Gasteiger partial charge >= 0.3 is 8.97 Å². The van der Waals surface area contributed by atoms with E-state index in [-0.39, 0.29) is 5.60 Å². The third-order valence-corrected chi connectivity index (χ3v) is 7.60. The minimum Gasteiger partial charge on any atom is -0.365 e. The highest BCUT2D eigenvalue weighted by Gasteiger charge is 2.40. The van der Waals surface area contributed by atoms with Gasteiger partial charge < -0.3 is 13.3 Å². The van der Waals surface area contributed by atoms with E-state index in [2.05, 4.69) is 20.8 Å². The van der Waals surface area contributed by atoms with Gasteiger partial charge in [-0.3, -0.25) is 5.40 Å². The van der Waals surface area contributed by atoms with Gasteiger partial charge in [-0.05, 0) is 20.3 Å². The first-order chi connectivity index (χ1) is 13.4. The fourth-order valence-corrected chi connectivity index (χ4v) is 4.91. The average Bonchev–Trinajstić information content (AvgIpc) is 2.67. The number of unbranched alkanes of at least 4 members (excludes halogenated alkanes) is 15. The molecule has 4 nitrogen and oxygen atoms in total. The van der Waals surface area contributed by atoms with Crippen LogP contribution in [0.3, 0.4) is 0 Å². The lowest BCUT2D eigenvalue weighted by Crippen LogP contribution is -2.58. The van der Waals surface area contributed by atoms with E-state index in [1.165, 1.54) is 103 Å². The van der Waals surface area contributed by atoms with Crippen LogP contribution in [0.4, 0.5) is 0 Å². The van der Waals surface area contributed by atoms with Crippen molar-refractivity contribution in [3.63, 3.8) is 0 Å². The largest absolute Gasteiger partial charge is 0.593 e. The Labute approximate surface area is 177 Å². The summed E-state index contributed by atoms with van der Waals surface area (Å²) in [4.78, 5) is 0. The molecule has 0 saturated heterocycles. The van der Waals surface area contributed by atoms with Crippen molar-refractivity contribution >= 4 is 8.97 Å². The van der Waals surface area contributed by atoms with Crippen LogP contribution in [-0.2, 0) is 13.3 Å². The van der Waals surface area contributed by atoms with Crippen LogP contribution in [0.15, 0.2) is 0 Å². The van der Waals surface area contributed by atoms with Crippen LogP contribution >= 0.6 is 0 Å². The maximum Gasteiger partial charge on any atom is 0.593 e. The molecule has 0 fully saturated rings. The first kappa shape index (κ1) is 28.1. The predicted molar refractivity (Wildman–Crippen MR) is 123 cm³/mol. The second-order valence-electron chi connectivity index (χ2n) is 8.93. The van der Waals surface area contributed by atoms with Crippen molar-refractivity contribution in [1.82, 2.24) is 0 Å². The van der Waals surface area contributed by atoms with Gasteiger partial charge in [0.25, 0.3) is 0 Å². The predicted octanol–water partition coefficient (Wildman–Crippen LogP) is 7.12. The molecule has 0 bridgehead atoms. The zero-order chi connectivity index (χ0) is 21.1. The van der Waals surface area contributed by atoms with Crippen LogP contribution in [0, 0.1) is 0 Å². The van der Waals surface area contributed by atoms with E-state index < -0.39 is 8.97 Å². The van der Waals surface area contributed by atoms with Crippen LogP contribution in [0.5, 0.6) is 0 Å². The van der Waals surface area contributed by atoms with Crippen molar-refractivity contribution in [2.75, 3.05) is 14.2 Å². The molecule has 0 rings (SSSR count). The van der Waals surface area contributed by atoms with Crippen molar-refractivity contribution in [3.8, 4) is 0 Å². The van der Waals surface area contributed by atoms with Crippen LogP contribution in [0.1, 0.15) is 130 Å². The van der Waals surface area contributed by atoms with Crippen LogP contribution in [-0.4, -0.2) is 28.8 Å². The lowest BCUT2D eigenvalue weighted by molar-refractivity contribution is -0.000613. The second kappa shape index (κ2) is 17.9. The van der Waals surface area contributed by atoms with Gasteiger partial charge in [-0.2, -0.15) is 0 Å². The van der Waals surface area contributed by atoms with E-state index >= 15 is 0 Å². The number of hydrogen-bond donors (Lipinski definition) is 1. The van der Waals surface area contributed by atoms with Crippen molar-refractivity contribution in [1.29, 1.82) is 0 Å². The van der Waals surface area contributed by atoms with Crippen molar-refractivity contribution in [3.05, 3.63) is 0 Å². The average molecular weight is 418 g/mol. The number of nitrogens with two attached hydrogens (primary N) is 1. The van der Waals surface area contributed by atoms with E-state index in [1.807, 2.05) is 0 Å². The molecule has 0 aromatic heterocycles. The number of rotatable bonds is 21. The van der Waals surface area contributed by atoms with Gasteiger partial charge in [-0.1, -0.05) is 110 Å². The van der Waals surface area contributed by atoms with E-state index in [9.17, 15) is 0 Å². The molecular weight excluding hydrogens is 366 g/mol. The monoisotopic (exact) mass is 417 g/mol. The van der Waals surface area contributed by atoms with Crippen molar-refractivity contribution in [2.24, 2.45) is 5.40 Å². The summed E-state index contributed by atoms with van der Waals surface area (Å²) in [6, 6.07) is 0. The summed E-state index contributed by atoms with van der Waals surface area (Å²) in [7, 11) is 0.169. The molecule has 0 heterocycles. The highest BCUT2D eigenvalue weighted by molar-refractivity contribution is 6.56. The molecule has 0 aliphatic carbocycles. The molecule has 0 amide bonds. The second-order valence-corrected chi connectivity index (χ2v) is 11.2. The fraction of sp³-hybridized carbons (Fsp3) is 1.00. The summed E-state index contributed by atoms with van der Waals surface area (Å²) in [5.41, 5.74) is -0.289. The van der Waals surface area contributed by atoms with E-state index in [1.54, 1.807) is 14.2 Å². The SMILES string of the molecule is CCCCCCCCCCCCCCCCCCC(C)(C)O[Si](N)(OC)OC. The molecule has 28 heavy (non-hydrogen) atoms. The summed E-state index contributed by atoms with van der Waals surface area (Å²) < 4.78 is 16.4. The molecule has 0 saturated carbocycles. The first-order valence-electron chi connectivity index (χ1n) is 12.0. The lowest BCUT2D eigenvalue weighted by atomic mass is 9.99. The van der Waals surface area contributed by atoms with Crippen LogP contribution in [0.2, 0.25) is 0 Å². The topological polar surface area (TPSA) is 53.7 Å². The molecule has 0 aliphatic heterocycles. The summed E-state index contributed by atoms with van der Waals surface area (Å²) >= 11 is 0. The smallest absolute Gasteiger partial charge is 0.365 e. The van der Waals surface area contributed by atoms with Gasteiger partial charge in [-0.25, -0.2) is 0 Å². The zero-order valence-electron chi connectivity index (χ0n) is 19.8. The van der Waals surface area contributed by atoms with E-state index in [0.29, 0.717) is 0 Å². The summed E-state index contributed by atoms with van der Waals surface area (Å²) in [5.74, 6) is 0. The molecule has 0 aliphatic rings.